The fourth-order valence-electron chi connectivity index (χ4n) is 3.37. The summed E-state index contributed by atoms with van der Waals surface area (Å²) in [6, 6.07) is 8.03. The van der Waals surface area contributed by atoms with E-state index in [1.54, 1.807) is 7.11 Å². The Labute approximate surface area is 164 Å². The van der Waals surface area contributed by atoms with Crippen LogP contribution in [0.4, 0.5) is 0 Å². The van der Waals surface area contributed by atoms with Gasteiger partial charge in [-0.05, 0) is 52.3 Å². The molecule has 2 atom stereocenters. The molecule has 2 rings (SSSR count). The second kappa shape index (κ2) is 9.95. The second-order valence-corrected chi connectivity index (χ2v) is 7.87. The average molecular weight is 377 g/mol. The molecule has 6 heteroatoms. The van der Waals surface area contributed by atoms with Gasteiger partial charge in [-0.15, -0.1) is 0 Å². The Morgan fingerprint density at radius 2 is 1.96 bits per heavy atom. The second-order valence-electron chi connectivity index (χ2n) is 7.87. The van der Waals surface area contributed by atoms with Gasteiger partial charge in [-0.3, -0.25) is 4.90 Å². The van der Waals surface area contributed by atoms with Crippen LogP contribution in [0.15, 0.2) is 29.3 Å². The van der Waals surface area contributed by atoms with E-state index in [2.05, 4.69) is 56.2 Å². The van der Waals surface area contributed by atoms with E-state index >= 15 is 0 Å². The molecule has 6 nitrogen and oxygen atoms in total. The van der Waals surface area contributed by atoms with Crippen LogP contribution in [0.25, 0.3) is 0 Å². The van der Waals surface area contributed by atoms with Crippen LogP contribution in [0, 0.1) is 0 Å². The largest absolute Gasteiger partial charge is 0.497 e. The first kappa shape index (κ1) is 21.5. The van der Waals surface area contributed by atoms with E-state index in [4.69, 9.17) is 14.5 Å². The molecule has 1 aromatic carbocycles. The highest BCUT2D eigenvalue weighted by Crippen LogP contribution is 2.20. The van der Waals surface area contributed by atoms with E-state index in [9.17, 15) is 0 Å². The lowest BCUT2D eigenvalue weighted by Gasteiger charge is -2.45. The summed E-state index contributed by atoms with van der Waals surface area (Å²) >= 11 is 0. The Hall–Kier alpha value is -1.79. The highest BCUT2D eigenvalue weighted by molar-refractivity contribution is 5.79. The highest BCUT2D eigenvalue weighted by atomic mass is 16.5. The number of benzene rings is 1. The van der Waals surface area contributed by atoms with Crippen LogP contribution in [0.2, 0.25) is 0 Å². The number of rotatable bonds is 7. The summed E-state index contributed by atoms with van der Waals surface area (Å²) in [4.78, 5) is 7.24. The summed E-state index contributed by atoms with van der Waals surface area (Å²) in [6.45, 7) is 15.1. The van der Waals surface area contributed by atoms with Crippen LogP contribution in [-0.4, -0.2) is 61.9 Å². The maximum absolute atomic E-state index is 5.87. The SMILES string of the molecule is CCNC(=NCc1cccc(OC)c1)NCC(C)(C)N1CC(C)OC(C)C1. The minimum Gasteiger partial charge on any atom is -0.497 e. The lowest BCUT2D eigenvalue weighted by atomic mass is 10.00. The molecule has 0 spiro atoms. The van der Waals surface area contributed by atoms with Gasteiger partial charge in [-0.2, -0.15) is 0 Å². The van der Waals surface area contributed by atoms with Crippen molar-refractivity contribution in [3.63, 3.8) is 0 Å². The maximum Gasteiger partial charge on any atom is 0.191 e. The molecule has 1 aliphatic rings. The summed E-state index contributed by atoms with van der Waals surface area (Å²) in [7, 11) is 1.68. The third-order valence-corrected chi connectivity index (χ3v) is 4.86. The lowest BCUT2D eigenvalue weighted by Crippen LogP contribution is -2.59. The molecule has 1 fully saturated rings. The molecule has 1 aliphatic heterocycles. The number of hydrogen-bond donors (Lipinski definition) is 2. The molecular weight excluding hydrogens is 340 g/mol. The van der Waals surface area contributed by atoms with Crippen molar-refractivity contribution in [1.82, 2.24) is 15.5 Å². The smallest absolute Gasteiger partial charge is 0.191 e. The Morgan fingerprint density at radius 3 is 2.59 bits per heavy atom. The molecule has 0 aromatic heterocycles. The van der Waals surface area contributed by atoms with E-state index in [-0.39, 0.29) is 17.7 Å². The van der Waals surface area contributed by atoms with Crippen molar-refractivity contribution < 1.29 is 9.47 Å². The van der Waals surface area contributed by atoms with Crippen molar-refractivity contribution in [1.29, 1.82) is 0 Å². The van der Waals surface area contributed by atoms with Crippen molar-refractivity contribution in [3.05, 3.63) is 29.8 Å². The van der Waals surface area contributed by atoms with Crippen molar-refractivity contribution in [2.24, 2.45) is 4.99 Å². The summed E-state index contributed by atoms with van der Waals surface area (Å²) in [5.74, 6) is 1.69. The summed E-state index contributed by atoms with van der Waals surface area (Å²) in [5.41, 5.74) is 1.14. The lowest BCUT2D eigenvalue weighted by molar-refractivity contribution is -0.0946. The van der Waals surface area contributed by atoms with Gasteiger partial charge in [-0.25, -0.2) is 4.99 Å². The molecule has 1 saturated heterocycles. The van der Waals surface area contributed by atoms with Gasteiger partial charge in [0.25, 0.3) is 0 Å². The van der Waals surface area contributed by atoms with Gasteiger partial charge in [0.15, 0.2) is 5.96 Å². The Morgan fingerprint density at radius 1 is 1.26 bits per heavy atom. The zero-order valence-corrected chi connectivity index (χ0v) is 17.7. The van der Waals surface area contributed by atoms with Gasteiger partial charge >= 0.3 is 0 Å². The zero-order chi connectivity index (χ0) is 19.9. The van der Waals surface area contributed by atoms with Gasteiger partial charge in [0.05, 0.1) is 25.9 Å². The third kappa shape index (κ3) is 6.70. The summed E-state index contributed by atoms with van der Waals surface area (Å²) in [6.07, 6.45) is 0.533. The number of ether oxygens (including phenoxy) is 2. The standard InChI is InChI=1S/C21H36N4O2/c1-7-22-20(23-12-18-9-8-10-19(11-18)26-6)24-15-21(4,5)25-13-16(2)27-17(3)14-25/h8-11,16-17H,7,12-15H2,1-6H3,(H2,22,23,24). The minimum atomic E-state index is 0.0124. The molecule has 0 amide bonds. The van der Waals surface area contributed by atoms with Gasteiger partial charge in [0.2, 0.25) is 0 Å². The van der Waals surface area contributed by atoms with Crippen molar-refractivity contribution in [2.45, 2.75) is 58.9 Å². The Kier molecular flexibility index (Phi) is 7.92. The maximum atomic E-state index is 5.87. The topological polar surface area (TPSA) is 58.1 Å². The van der Waals surface area contributed by atoms with Crippen LogP contribution in [0.5, 0.6) is 5.75 Å². The van der Waals surface area contributed by atoms with Crippen molar-refractivity contribution >= 4 is 5.96 Å². The molecule has 0 aliphatic carbocycles. The fraction of sp³-hybridized carbons (Fsp3) is 0.667. The van der Waals surface area contributed by atoms with E-state index in [1.165, 1.54) is 0 Å². The predicted molar refractivity (Wildman–Crippen MR) is 111 cm³/mol. The first-order chi connectivity index (χ1) is 12.8. The Bertz CT molecular complexity index is 608. The number of nitrogens with one attached hydrogen (secondary N) is 2. The quantitative estimate of drug-likeness (QED) is 0.566. The Balaban J connectivity index is 1.97. The van der Waals surface area contributed by atoms with Gasteiger partial charge < -0.3 is 20.1 Å². The van der Waals surface area contributed by atoms with Gasteiger partial charge in [0.1, 0.15) is 5.75 Å². The average Bonchev–Trinajstić information content (AvgIpc) is 2.63. The molecule has 27 heavy (non-hydrogen) atoms. The summed E-state index contributed by atoms with van der Waals surface area (Å²) < 4.78 is 11.2. The summed E-state index contributed by atoms with van der Waals surface area (Å²) in [5, 5.41) is 6.85. The number of aliphatic imine (C=N–C) groups is 1. The van der Waals surface area contributed by atoms with Gasteiger partial charge in [-0.1, -0.05) is 12.1 Å². The molecule has 1 heterocycles. The van der Waals surface area contributed by atoms with E-state index < -0.39 is 0 Å². The molecule has 2 unspecified atom stereocenters. The zero-order valence-electron chi connectivity index (χ0n) is 17.7. The monoisotopic (exact) mass is 376 g/mol. The van der Waals surface area contributed by atoms with Crippen molar-refractivity contribution in [2.75, 3.05) is 33.3 Å². The number of guanidine groups is 1. The molecule has 0 bridgehead atoms. The molecule has 2 N–H and O–H groups in total. The molecule has 0 radical (unpaired) electrons. The minimum absolute atomic E-state index is 0.0124. The van der Waals surface area contributed by atoms with Crippen LogP contribution in [0.3, 0.4) is 0 Å². The molecular formula is C21H36N4O2. The molecule has 0 saturated carbocycles. The van der Waals surface area contributed by atoms with Crippen LogP contribution in [0.1, 0.15) is 40.2 Å². The highest BCUT2D eigenvalue weighted by Gasteiger charge is 2.33. The van der Waals surface area contributed by atoms with E-state index in [0.29, 0.717) is 6.54 Å². The van der Waals surface area contributed by atoms with E-state index in [0.717, 1.165) is 43.5 Å². The van der Waals surface area contributed by atoms with Crippen molar-refractivity contribution in [3.8, 4) is 5.75 Å². The van der Waals surface area contributed by atoms with E-state index in [1.807, 2.05) is 18.2 Å². The van der Waals surface area contributed by atoms with Crippen LogP contribution < -0.4 is 15.4 Å². The first-order valence-electron chi connectivity index (χ1n) is 9.89. The number of morpholine rings is 1. The number of nitrogens with zero attached hydrogens (tertiary/aromatic N) is 2. The van der Waals surface area contributed by atoms with Crippen LogP contribution in [-0.2, 0) is 11.3 Å². The molecule has 1 aromatic rings. The third-order valence-electron chi connectivity index (χ3n) is 4.86. The first-order valence-corrected chi connectivity index (χ1v) is 9.89. The van der Waals surface area contributed by atoms with Gasteiger partial charge in [0, 0.05) is 31.7 Å². The van der Waals surface area contributed by atoms with Crippen LogP contribution >= 0.6 is 0 Å². The number of hydrogen-bond acceptors (Lipinski definition) is 4. The fourth-order valence-corrected chi connectivity index (χ4v) is 3.37. The number of methoxy groups -OCH3 is 1. The predicted octanol–water partition coefficient (Wildman–Crippen LogP) is 2.64. The normalized spacial score (nSPS) is 21.8. The molecule has 152 valence electrons.